The number of nitrogens with one attached hydrogen (secondary N) is 1. The smallest absolute Gasteiger partial charge is 0.274 e. The summed E-state index contributed by atoms with van der Waals surface area (Å²) in [5.74, 6) is -0.273. The van der Waals surface area contributed by atoms with E-state index in [-0.39, 0.29) is 5.91 Å². The molecule has 1 N–H and O–H groups in total. The molecule has 1 aliphatic heterocycles. The molecular formula is C27H36N6O. The Labute approximate surface area is 203 Å². The van der Waals surface area contributed by atoms with Gasteiger partial charge in [-0.25, -0.2) is 0 Å². The van der Waals surface area contributed by atoms with Crippen LogP contribution in [0.25, 0.3) is 5.57 Å². The van der Waals surface area contributed by atoms with E-state index in [9.17, 15) is 4.79 Å². The zero-order chi connectivity index (χ0) is 24.5. The molecular weight excluding hydrogens is 424 g/mol. The average Bonchev–Trinajstić information content (AvgIpc) is 2.80. The maximum Gasteiger partial charge on any atom is 0.274 e. The van der Waals surface area contributed by atoms with Gasteiger partial charge in [0, 0.05) is 38.7 Å². The summed E-state index contributed by atoms with van der Waals surface area (Å²) in [5, 5.41) is 2.92. The summed E-state index contributed by atoms with van der Waals surface area (Å²) in [6.45, 7) is 10.0. The van der Waals surface area contributed by atoms with Crippen molar-refractivity contribution in [2.45, 2.75) is 39.3 Å². The fourth-order valence-corrected chi connectivity index (χ4v) is 4.19. The summed E-state index contributed by atoms with van der Waals surface area (Å²) in [6, 6.07) is 4.06. The maximum atomic E-state index is 12.9. The predicted octanol–water partition coefficient (Wildman–Crippen LogP) is 4.19. The lowest BCUT2D eigenvalue weighted by Crippen LogP contribution is -2.29. The second-order valence-electron chi connectivity index (χ2n) is 9.12. The summed E-state index contributed by atoms with van der Waals surface area (Å²) >= 11 is 0. The minimum absolute atomic E-state index is 0.273. The van der Waals surface area contributed by atoms with E-state index < -0.39 is 0 Å². The highest BCUT2D eigenvalue weighted by atomic mass is 16.1. The van der Waals surface area contributed by atoms with Gasteiger partial charge in [0.05, 0.1) is 11.9 Å². The van der Waals surface area contributed by atoms with Crippen molar-refractivity contribution >= 4 is 22.9 Å². The monoisotopic (exact) mass is 460 g/mol. The molecule has 0 atom stereocenters. The molecule has 1 fully saturated rings. The van der Waals surface area contributed by atoms with Crippen LogP contribution in [0.5, 0.6) is 0 Å². The van der Waals surface area contributed by atoms with E-state index in [0.717, 1.165) is 48.5 Å². The number of carbonyl (C=O) groups excluding carboxylic acids is 1. The van der Waals surface area contributed by atoms with Gasteiger partial charge in [0.2, 0.25) is 0 Å². The summed E-state index contributed by atoms with van der Waals surface area (Å²) < 4.78 is 0. The Morgan fingerprint density at radius 2 is 1.82 bits per heavy atom. The molecule has 1 saturated heterocycles. The van der Waals surface area contributed by atoms with Crippen molar-refractivity contribution in [3.8, 4) is 0 Å². The van der Waals surface area contributed by atoms with Crippen LogP contribution in [0.1, 0.15) is 42.9 Å². The van der Waals surface area contributed by atoms with Crippen molar-refractivity contribution in [2.24, 2.45) is 4.99 Å². The van der Waals surface area contributed by atoms with Crippen LogP contribution >= 0.6 is 0 Å². The Bertz CT molecular complexity index is 1070. The summed E-state index contributed by atoms with van der Waals surface area (Å²) in [6.07, 6.45) is 12.9. The van der Waals surface area contributed by atoms with Crippen molar-refractivity contribution in [3.05, 3.63) is 71.8 Å². The van der Waals surface area contributed by atoms with Gasteiger partial charge in [-0.05, 0) is 93.0 Å². The fourth-order valence-electron chi connectivity index (χ4n) is 4.19. The highest BCUT2D eigenvalue weighted by Crippen LogP contribution is 2.19. The third-order valence-electron chi connectivity index (χ3n) is 5.78. The quantitative estimate of drug-likeness (QED) is 0.449. The first-order valence-electron chi connectivity index (χ1n) is 11.8. The van der Waals surface area contributed by atoms with Gasteiger partial charge in [-0.1, -0.05) is 13.0 Å². The number of likely N-dealkylation sites (tertiary alicyclic amines) is 1. The lowest BCUT2D eigenvalue weighted by molar-refractivity contribution is -0.110. The fraction of sp³-hybridized carbons (Fsp3) is 0.407. The van der Waals surface area contributed by atoms with E-state index in [1.165, 1.54) is 24.8 Å². The van der Waals surface area contributed by atoms with Gasteiger partial charge in [-0.2, -0.15) is 0 Å². The van der Waals surface area contributed by atoms with Crippen molar-refractivity contribution in [1.82, 2.24) is 19.8 Å². The third-order valence-corrected chi connectivity index (χ3v) is 5.78. The lowest BCUT2D eigenvalue weighted by Gasteiger charge is -2.26. The van der Waals surface area contributed by atoms with Gasteiger partial charge in [0.25, 0.3) is 5.91 Å². The molecule has 7 heteroatoms. The topological polar surface area (TPSA) is 73.7 Å². The Balaban J connectivity index is 1.68. The number of amides is 1. The first-order valence-corrected chi connectivity index (χ1v) is 11.8. The number of rotatable bonds is 9. The Morgan fingerprint density at radius 1 is 1.12 bits per heavy atom. The number of aromatic nitrogens is 2. The van der Waals surface area contributed by atoms with Crippen LogP contribution in [0.2, 0.25) is 0 Å². The van der Waals surface area contributed by atoms with Crippen LogP contribution in [-0.2, 0) is 17.9 Å². The van der Waals surface area contributed by atoms with E-state index >= 15 is 0 Å². The van der Waals surface area contributed by atoms with Crippen LogP contribution in [0, 0.1) is 0 Å². The molecule has 0 spiro atoms. The number of hydrogen-bond donors (Lipinski definition) is 1. The highest BCUT2D eigenvalue weighted by Gasteiger charge is 2.15. The maximum absolute atomic E-state index is 12.9. The molecule has 0 radical (unpaired) electrons. The molecule has 3 heterocycles. The Kier molecular flexibility index (Phi) is 9.24. The summed E-state index contributed by atoms with van der Waals surface area (Å²) in [7, 11) is 5.61. The minimum atomic E-state index is -0.273. The minimum Gasteiger partial charge on any atom is -0.319 e. The van der Waals surface area contributed by atoms with Gasteiger partial charge in [0.1, 0.15) is 5.71 Å². The average molecular weight is 461 g/mol. The van der Waals surface area contributed by atoms with Crippen molar-refractivity contribution in [1.29, 1.82) is 0 Å². The van der Waals surface area contributed by atoms with Gasteiger partial charge >= 0.3 is 0 Å². The predicted molar refractivity (Wildman–Crippen MR) is 140 cm³/mol. The van der Waals surface area contributed by atoms with Gasteiger partial charge < -0.3 is 10.2 Å². The first-order chi connectivity index (χ1) is 16.4. The number of carbonyl (C=O) groups is 1. The van der Waals surface area contributed by atoms with E-state index in [4.69, 9.17) is 0 Å². The SMILES string of the molecule is C=C(C=C(C)C(=NC)C(=O)Nc1cncc(CN(C)C)c1)c1cncc(CN2CCCCC2)c1. The number of piperidine rings is 1. The number of anilines is 1. The molecule has 1 amide bonds. The van der Waals surface area contributed by atoms with E-state index in [2.05, 4.69) is 42.7 Å². The normalized spacial score (nSPS) is 15.4. The number of hydrogen-bond acceptors (Lipinski definition) is 6. The zero-order valence-corrected chi connectivity index (χ0v) is 20.8. The van der Waals surface area contributed by atoms with Crippen molar-refractivity contribution < 1.29 is 4.79 Å². The van der Waals surface area contributed by atoms with Gasteiger partial charge in [-0.3, -0.25) is 24.7 Å². The number of allylic oxidation sites excluding steroid dienone is 2. The molecule has 34 heavy (non-hydrogen) atoms. The van der Waals surface area contributed by atoms with E-state index in [1.54, 1.807) is 19.4 Å². The molecule has 3 rings (SSSR count). The molecule has 0 saturated carbocycles. The standard InChI is InChI=1S/C27H36N6O/c1-20(24-12-22(14-29-16-24)19-33-9-7-6-8-10-33)11-21(2)26(28-3)27(34)31-25-13-23(15-30-17-25)18-32(4)5/h11-17H,1,6-10,18-19H2,2-5H3,(H,31,34). The number of nitrogens with zero attached hydrogens (tertiary/aromatic N) is 5. The second kappa shape index (κ2) is 12.3. The largest absolute Gasteiger partial charge is 0.319 e. The molecule has 180 valence electrons. The Hall–Kier alpha value is -3.16. The Morgan fingerprint density at radius 3 is 2.53 bits per heavy atom. The molecule has 2 aromatic rings. The molecule has 1 aliphatic rings. The van der Waals surface area contributed by atoms with Gasteiger partial charge in [0.15, 0.2) is 0 Å². The molecule has 7 nitrogen and oxygen atoms in total. The van der Waals surface area contributed by atoms with Crippen LogP contribution < -0.4 is 5.32 Å². The van der Waals surface area contributed by atoms with Crippen LogP contribution in [0.15, 0.2) is 60.1 Å². The number of aliphatic imine (C=N–C) groups is 1. The lowest BCUT2D eigenvalue weighted by atomic mass is 10.0. The summed E-state index contributed by atoms with van der Waals surface area (Å²) in [4.78, 5) is 30.4. The zero-order valence-electron chi connectivity index (χ0n) is 20.8. The third kappa shape index (κ3) is 7.43. The van der Waals surface area contributed by atoms with Crippen LogP contribution in [0.3, 0.4) is 0 Å². The molecule has 2 aromatic heterocycles. The van der Waals surface area contributed by atoms with E-state index in [1.807, 2.05) is 45.6 Å². The molecule has 0 aromatic carbocycles. The number of pyridine rings is 2. The second-order valence-corrected chi connectivity index (χ2v) is 9.12. The molecule has 0 unspecified atom stereocenters. The molecule has 0 aliphatic carbocycles. The van der Waals surface area contributed by atoms with Gasteiger partial charge in [-0.15, -0.1) is 0 Å². The van der Waals surface area contributed by atoms with Crippen LogP contribution in [-0.4, -0.2) is 65.6 Å². The van der Waals surface area contributed by atoms with Crippen LogP contribution in [0.4, 0.5) is 5.69 Å². The first kappa shape index (κ1) is 25.5. The highest BCUT2D eigenvalue weighted by molar-refractivity contribution is 6.48. The van der Waals surface area contributed by atoms with E-state index in [0.29, 0.717) is 11.4 Å². The summed E-state index contributed by atoms with van der Waals surface area (Å²) in [5.41, 5.74) is 5.70. The van der Waals surface area contributed by atoms with Crippen molar-refractivity contribution in [3.63, 3.8) is 0 Å². The van der Waals surface area contributed by atoms with Crippen molar-refractivity contribution in [2.75, 3.05) is 39.5 Å². The molecule has 0 bridgehead atoms.